The van der Waals surface area contributed by atoms with E-state index in [2.05, 4.69) is 20.2 Å². The van der Waals surface area contributed by atoms with Crippen LogP contribution in [0.1, 0.15) is 30.0 Å². The fraction of sp³-hybridized carbons (Fsp3) is 0.474. The Morgan fingerprint density at radius 1 is 1.37 bits per heavy atom. The number of carbonyl (C=O) groups excluding carboxylic acids is 1. The van der Waals surface area contributed by atoms with Crippen LogP contribution in [0.4, 0.5) is 0 Å². The average molecular weight is 371 g/mol. The molecule has 8 heteroatoms. The summed E-state index contributed by atoms with van der Waals surface area (Å²) in [7, 11) is 1.55. The molecule has 0 radical (unpaired) electrons. The third-order valence-corrected chi connectivity index (χ3v) is 4.33. The molecule has 1 atom stereocenters. The van der Waals surface area contributed by atoms with Gasteiger partial charge in [0.25, 0.3) is 0 Å². The summed E-state index contributed by atoms with van der Waals surface area (Å²) in [6.07, 6.45) is 4.21. The van der Waals surface area contributed by atoms with Crippen LogP contribution in [0.5, 0.6) is 6.01 Å². The number of carbonyl (C=O) groups is 1. The zero-order valence-electron chi connectivity index (χ0n) is 15.7. The highest BCUT2D eigenvalue weighted by Crippen LogP contribution is 2.22. The number of hydrogen-bond acceptors (Lipinski definition) is 7. The molecule has 27 heavy (non-hydrogen) atoms. The summed E-state index contributed by atoms with van der Waals surface area (Å²) in [5, 5.41) is 2.80. The van der Waals surface area contributed by atoms with Gasteiger partial charge in [-0.3, -0.25) is 14.7 Å². The molecule has 0 bridgehead atoms. The number of morpholine rings is 1. The molecule has 1 N–H and O–H groups in total. The van der Waals surface area contributed by atoms with Crippen molar-refractivity contribution in [1.82, 2.24) is 25.2 Å². The maximum atomic E-state index is 11.0. The number of amides is 1. The molecular formula is C19H25N5O3. The Hall–Kier alpha value is -2.58. The van der Waals surface area contributed by atoms with Crippen molar-refractivity contribution in [1.29, 1.82) is 0 Å². The highest BCUT2D eigenvalue weighted by Gasteiger charge is 2.23. The Kier molecular flexibility index (Phi) is 6.67. The fourth-order valence-corrected chi connectivity index (χ4v) is 3.00. The summed E-state index contributed by atoms with van der Waals surface area (Å²) in [5.41, 5.74) is 2.91. The zero-order valence-corrected chi connectivity index (χ0v) is 15.7. The fourth-order valence-electron chi connectivity index (χ4n) is 3.00. The van der Waals surface area contributed by atoms with E-state index in [0.717, 1.165) is 36.6 Å². The average Bonchev–Trinajstić information content (AvgIpc) is 2.69. The second-order valence-electron chi connectivity index (χ2n) is 6.46. The lowest BCUT2D eigenvalue weighted by Gasteiger charge is -2.32. The molecule has 0 spiro atoms. The Morgan fingerprint density at radius 3 is 2.93 bits per heavy atom. The van der Waals surface area contributed by atoms with Crippen molar-refractivity contribution in [2.24, 2.45) is 0 Å². The smallest absolute Gasteiger partial charge is 0.316 e. The molecule has 1 unspecified atom stereocenters. The van der Waals surface area contributed by atoms with Crippen molar-refractivity contribution in [2.75, 3.05) is 33.4 Å². The summed E-state index contributed by atoms with van der Waals surface area (Å²) >= 11 is 0. The van der Waals surface area contributed by atoms with Crippen LogP contribution < -0.4 is 10.1 Å². The van der Waals surface area contributed by atoms with Gasteiger partial charge in [-0.05, 0) is 12.1 Å². The number of rotatable bonds is 7. The minimum atomic E-state index is -0.0707. The van der Waals surface area contributed by atoms with Crippen LogP contribution in [-0.4, -0.2) is 59.1 Å². The predicted octanol–water partition coefficient (Wildman–Crippen LogP) is 1.13. The van der Waals surface area contributed by atoms with Crippen molar-refractivity contribution in [3.63, 3.8) is 0 Å². The molecule has 1 saturated heterocycles. The van der Waals surface area contributed by atoms with Gasteiger partial charge in [0.05, 0.1) is 19.4 Å². The molecule has 2 aromatic rings. The highest BCUT2D eigenvalue weighted by atomic mass is 16.5. The van der Waals surface area contributed by atoms with E-state index in [1.165, 1.54) is 6.92 Å². The number of nitrogens with one attached hydrogen (secondary N) is 1. The van der Waals surface area contributed by atoms with Gasteiger partial charge in [-0.15, -0.1) is 0 Å². The number of hydrogen-bond donors (Lipinski definition) is 1. The molecule has 2 aromatic heterocycles. The lowest BCUT2D eigenvalue weighted by Crippen LogP contribution is -2.38. The van der Waals surface area contributed by atoms with Gasteiger partial charge in [0.1, 0.15) is 6.10 Å². The van der Waals surface area contributed by atoms with Gasteiger partial charge in [0, 0.05) is 63.2 Å². The van der Waals surface area contributed by atoms with Crippen LogP contribution in [0.2, 0.25) is 0 Å². The minimum Gasteiger partial charge on any atom is -0.467 e. The van der Waals surface area contributed by atoms with Gasteiger partial charge >= 0.3 is 6.01 Å². The Labute approximate surface area is 158 Å². The van der Waals surface area contributed by atoms with Gasteiger partial charge in [0.2, 0.25) is 5.91 Å². The van der Waals surface area contributed by atoms with Crippen LogP contribution in [0, 0.1) is 0 Å². The van der Waals surface area contributed by atoms with Crippen LogP contribution in [-0.2, 0) is 22.5 Å². The third kappa shape index (κ3) is 5.70. The molecule has 0 saturated carbocycles. The molecule has 1 fully saturated rings. The molecule has 8 nitrogen and oxygen atoms in total. The lowest BCUT2D eigenvalue weighted by molar-refractivity contribution is -0.118. The number of aromatic nitrogens is 3. The maximum Gasteiger partial charge on any atom is 0.316 e. The van der Waals surface area contributed by atoms with Crippen LogP contribution in [0.15, 0.2) is 30.6 Å². The first kappa shape index (κ1) is 19.2. The first-order valence-electron chi connectivity index (χ1n) is 9.03. The summed E-state index contributed by atoms with van der Waals surface area (Å²) < 4.78 is 10.9. The van der Waals surface area contributed by atoms with Crippen molar-refractivity contribution >= 4 is 5.91 Å². The molecular weight excluding hydrogens is 346 g/mol. The molecule has 3 rings (SSSR count). The molecule has 1 amide bonds. The van der Waals surface area contributed by atoms with Gasteiger partial charge in [-0.1, -0.05) is 6.07 Å². The quantitative estimate of drug-likeness (QED) is 0.780. The number of pyridine rings is 1. The highest BCUT2D eigenvalue weighted by molar-refractivity contribution is 5.72. The Bertz CT molecular complexity index is 753. The largest absolute Gasteiger partial charge is 0.467 e. The standard InChI is InChI=1S/C19H25N5O3/c1-14(25)20-7-6-16-4-3-5-17(23-16)18-13-24(8-9-27-18)12-15-10-21-19(26-2)22-11-15/h3-5,10-11,18H,6-9,12-13H2,1-2H3,(H,20,25). The van der Waals surface area contributed by atoms with Gasteiger partial charge in [-0.25, -0.2) is 9.97 Å². The Balaban J connectivity index is 1.59. The first-order chi connectivity index (χ1) is 13.1. The second kappa shape index (κ2) is 9.38. The van der Waals surface area contributed by atoms with Crippen molar-refractivity contribution in [3.8, 4) is 6.01 Å². The SMILES string of the molecule is COc1ncc(CN2CCOC(c3cccc(CCNC(C)=O)n3)C2)cn1. The third-order valence-electron chi connectivity index (χ3n) is 4.33. The van der Waals surface area contributed by atoms with E-state index in [4.69, 9.17) is 14.5 Å². The molecule has 0 aromatic carbocycles. The van der Waals surface area contributed by atoms with E-state index in [1.807, 2.05) is 18.2 Å². The summed E-state index contributed by atoms with van der Waals surface area (Å²) in [5.74, 6) is -0.0279. The summed E-state index contributed by atoms with van der Waals surface area (Å²) in [6.45, 7) is 5.12. The van der Waals surface area contributed by atoms with Crippen molar-refractivity contribution in [2.45, 2.75) is 26.0 Å². The van der Waals surface area contributed by atoms with Crippen LogP contribution in [0.25, 0.3) is 0 Å². The van der Waals surface area contributed by atoms with Crippen LogP contribution in [0.3, 0.4) is 0 Å². The van der Waals surface area contributed by atoms with E-state index >= 15 is 0 Å². The number of nitrogens with zero attached hydrogens (tertiary/aromatic N) is 4. The normalized spacial score (nSPS) is 17.5. The summed E-state index contributed by atoms with van der Waals surface area (Å²) in [6, 6.07) is 6.33. The van der Waals surface area contributed by atoms with E-state index in [-0.39, 0.29) is 12.0 Å². The van der Waals surface area contributed by atoms with Crippen molar-refractivity contribution < 1.29 is 14.3 Å². The molecule has 1 aliphatic rings. The minimum absolute atomic E-state index is 0.0279. The number of ether oxygens (including phenoxy) is 2. The molecule has 1 aliphatic heterocycles. The molecule has 144 valence electrons. The van der Waals surface area contributed by atoms with E-state index < -0.39 is 0 Å². The molecule has 3 heterocycles. The van der Waals surface area contributed by atoms with E-state index in [1.54, 1.807) is 19.5 Å². The second-order valence-corrected chi connectivity index (χ2v) is 6.46. The topological polar surface area (TPSA) is 89.5 Å². The lowest BCUT2D eigenvalue weighted by atomic mass is 10.1. The summed E-state index contributed by atoms with van der Waals surface area (Å²) in [4.78, 5) is 26.3. The van der Waals surface area contributed by atoms with Crippen molar-refractivity contribution in [3.05, 3.63) is 47.5 Å². The van der Waals surface area contributed by atoms with E-state index in [9.17, 15) is 4.79 Å². The van der Waals surface area contributed by atoms with E-state index in [0.29, 0.717) is 25.6 Å². The molecule has 0 aliphatic carbocycles. The van der Waals surface area contributed by atoms with Gasteiger partial charge < -0.3 is 14.8 Å². The van der Waals surface area contributed by atoms with Gasteiger partial charge in [-0.2, -0.15) is 0 Å². The van der Waals surface area contributed by atoms with Crippen LogP contribution >= 0.6 is 0 Å². The van der Waals surface area contributed by atoms with Gasteiger partial charge in [0.15, 0.2) is 0 Å². The Morgan fingerprint density at radius 2 is 2.19 bits per heavy atom. The first-order valence-corrected chi connectivity index (χ1v) is 9.03. The predicted molar refractivity (Wildman–Crippen MR) is 99.2 cm³/mol. The monoisotopic (exact) mass is 371 g/mol. The zero-order chi connectivity index (χ0) is 19.1. The maximum absolute atomic E-state index is 11.0. The number of methoxy groups -OCH3 is 1.